The molecule has 1 fully saturated rings. The maximum absolute atomic E-state index is 14.1. The SMILES string of the molecule is CNCC1CCN(C(=O)CC(NC(C)=O)c2ccc(F)cc2F)CC1.Cl. The summed E-state index contributed by atoms with van der Waals surface area (Å²) in [5.41, 5.74) is 0.120. The van der Waals surface area contributed by atoms with Gasteiger partial charge in [0.2, 0.25) is 11.8 Å². The predicted molar refractivity (Wildman–Crippen MR) is 98.0 cm³/mol. The highest BCUT2D eigenvalue weighted by molar-refractivity contribution is 5.85. The van der Waals surface area contributed by atoms with Crippen LogP contribution in [0.3, 0.4) is 0 Å². The van der Waals surface area contributed by atoms with E-state index in [1.54, 1.807) is 4.90 Å². The van der Waals surface area contributed by atoms with Crippen molar-refractivity contribution in [1.82, 2.24) is 15.5 Å². The third kappa shape index (κ3) is 6.21. The monoisotopic (exact) mass is 389 g/mol. The molecular weight excluding hydrogens is 364 g/mol. The minimum absolute atomic E-state index is 0. The van der Waals surface area contributed by atoms with Gasteiger partial charge in [-0.3, -0.25) is 9.59 Å². The van der Waals surface area contributed by atoms with Gasteiger partial charge in [0, 0.05) is 31.6 Å². The van der Waals surface area contributed by atoms with Gasteiger partial charge in [0.05, 0.1) is 12.5 Å². The second kappa shape index (κ2) is 10.4. The zero-order valence-corrected chi connectivity index (χ0v) is 15.9. The van der Waals surface area contributed by atoms with Crippen LogP contribution in [-0.2, 0) is 9.59 Å². The Morgan fingerprint density at radius 3 is 2.46 bits per heavy atom. The van der Waals surface area contributed by atoms with E-state index in [2.05, 4.69) is 10.6 Å². The maximum atomic E-state index is 14.1. The molecule has 0 saturated carbocycles. The minimum Gasteiger partial charge on any atom is -0.349 e. The summed E-state index contributed by atoms with van der Waals surface area (Å²) in [5.74, 6) is -1.41. The minimum atomic E-state index is -0.805. The molecule has 1 aliphatic heterocycles. The number of piperidine rings is 1. The van der Waals surface area contributed by atoms with Crippen LogP contribution in [0.4, 0.5) is 8.78 Å². The van der Waals surface area contributed by atoms with E-state index in [0.717, 1.165) is 31.5 Å². The molecule has 8 heteroatoms. The van der Waals surface area contributed by atoms with Crippen LogP contribution in [0, 0.1) is 17.6 Å². The lowest BCUT2D eigenvalue weighted by molar-refractivity contribution is -0.133. The number of nitrogens with zero attached hydrogens (tertiary/aromatic N) is 1. The van der Waals surface area contributed by atoms with E-state index in [1.165, 1.54) is 13.0 Å². The Kier molecular flexibility index (Phi) is 8.95. The summed E-state index contributed by atoms with van der Waals surface area (Å²) >= 11 is 0. The summed E-state index contributed by atoms with van der Waals surface area (Å²) < 4.78 is 27.2. The van der Waals surface area contributed by atoms with Gasteiger partial charge in [-0.25, -0.2) is 8.78 Å². The van der Waals surface area contributed by atoms with Crippen molar-refractivity contribution < 1.29 is 18.4 Å². The molecule has 0 bridgehead atoms. The van der Waals surface area contributed by atoms with Gasteiger partial charge in [0.15, 0.2) is 0 Å². The number of rotatable bonds is 6. The lowest BCUT2D eigenvalue weighted by Crippen LogP contribution is -2.42. The van der Waals surface area contributed by atoms with Crippen molar-refractivity contribution in [3.63, 3.8) is 0 Å². The molecule has 0 spiro atoms. The first kappa shape index (κ1) is 22.3. The van der Waals surface area contributed by atoms with E-state index in [4.69, 9.17) is 0 Å². The molecule has 1 unspecified atom stereocenters. The highest BCUT2D eigenvalue weighted by Gasteiger charge is 2.26. The standard InChI is InChI=1S/C18H25F2N3O2.ClH/c1-12(24)22-17(15-4-3-14(19)9-16(15)20)10-18(25)23-7-5-13(6-8-23)11-21-2;/h3-4,9,13,17,21H,5-8,10-11H2,1-2H3,(H,22,24);1H. The van der Waals surface area contributed by atoms with E-state index in [9.17, 15) is 18.4 Å². The number of benzene rings is 1. The van der Waals surface area contributed by atoms with Crippen molar-refractivity contribution in [3.8, 4) is 0 Å². The second-order valence-electron chi connectivity index (χ2n) is 6.50. The van der Waals surface area contributed by atoms with E-state index < -0.39 is 17.7 Å². The Morgan fingerprint density at radius 2 is 1.92 bits per heavy atom. The van der Waals surface area contributed by atoms with Gasteiger partial charge < -0.3 is 15.5 Å². The largest absolute Gasteiger partial charge is 0.349 e. The van der Waals surface area contributed by atoms with Crippen LogP contribution < -0.4 is 10.6 Å². The number of nitrogens with one attached hydrogen (secondary N) is 2. The number of carbonyl (C=O) groups excluding carboxylic acids is 2. The molecule has 2 amide bonds. The summed E-state index contributed by atoms with van der Waals surface area (Å²) in [6.45, 7) is 3.55. The first-order valence-electron chi connectivity index (χ1n) is 8.55. The number of amides is 2. The van der Waals surface area contributed by atoms with Crippen LogP contribution in [0.5, 0.6) is 0 Å². The average molecular weight is 390 g/mol. The molecule has 1 aromatic carbocycles. The van der Waals surface area contributed by atoms with Crippen LogP contribution >= 0.6 is 12.4 Å². The third-order valence-electron chi connectivity index (χ3n) is 4.55. The predicted octanol–water partition coefficient (Wildman–Crippen LogP) is 2.41. The molecule has 1 heterocycles. The molecule has 1 aromatic rings. The molecule has 146 valence electrons. The number of carbonyl (C=O) groups is 2. The van der Waals surface area contributed by atoms with Crippen LogP contribution in [0.25, 0.3) is 0 Å². The van der Waals surface area contributed by atoms with Crippen molar-refractivity contribution in [2.75, 3.05) is 26.7 Å². The zero-order chi connectivity index (χ0) is 18.4. The smallest absolute Gasteiger partial charge is 0.224 e. The summed E-state index contributed by atoms with van der Waals surface area (Å²) in [6.07, 6.45) is 1.80. The van der Waals surface area contributed by atoms with Crippen LogP contribution in [0.1, 0.15) is 37.8 Å². The van der Waals surface area contributed by atoms with Gasteiger partial charge in [-0.2, -0.15) is 0 Å². The van der Waals surface area contributed by atoms with Gasteiger partial charge >= 0.3 is 0 Å². The van der Waals surface area contributed by atoms with Gasteiger partial charge in [-0.1, -0.05) is 6.07 Å². The van der Waals surface area contributed by atoms with Crippen molar-refractivity contribution in [2.45, 2.75) is 32.2 Å². The molecule has 0 aromatic heterocycles. The van der Waals surface area contributed by atoms with E-state index in [0.29, 0.717) is 19.0 Å². The third-order valence-corrected chi connectivity index (χ3v) is 4.55. The van der Waals surface area contributed by atoms with Crippen molar-refractivity contribution in [1.29, 1.82) is 0 Å². The highest BCUT2D eigenvalue weighted by Crippen LogP contribution is 2.24. The molecule has 0 aliphatic carbocycles. The molecule has 1 atom stereocenters. The first-order chi connectivity index (χ1) is 11.9. The van der Waals surface area contributed by atoms with Crippen LogP contribution in [-0.4, -0.2) is 43.4 Å². The molecule has 1 aliphatic rings. The van der Waals surface area contributed by atoms with Crippen LogP contribution in [0.15, 0.2) is 18.2 Å². The summed E-state index contributed by atoms with van der Waals surface area (Å²) in [7, 11) is 1.91. The fraction of sp³-hybridized carbons (Fsp3) is 0.556. The fourth-order valence-corrected chi connectivity index (χ4v) is 3.25. The molecule has 5 nitrogen and oxygen atoms in total. The van der Waals surface area contributed by atoms with Crippen molar-refractivity contribution >= 4 is 24.2 Å². The van der Waals surface area contributed by atoms with Crippen molar-refractivity contribution in [2.24, 2.45) is 5.92 Å². The summed E-state index contributed by atoms with van der Waals surface area (Å²) in [4.78, 5) is 25.8. The summed E-state index contributed by atoms with van der Waals surface area (Å²) in [6, 6.07) is 2.36. The zero-order valence-electron chi connectivity index (χ0n) is 15.1. The second-order valence-corrected chi connectivity index (χ2v) is 6.50. The number of hydrogen-bond donors (Lipinski definition) is 2. The van der Waals surface area contributed by atoms with Gasteiger partial charge in [-0.05, 0) is 38.4 Å². The highest BCUT2D eigenvalue weighted by atomic mass is 35.5. The Bertz CT molecular complexity index is 622. The van der Waals surface area contributed by atoms with Gasteiger partial charge in [-0.15, -0.1) is 12.4 Å². The maximum Gasteiger partial charge on any atom is 0.224 e. The van der Waals surface area contributed by atoms with Crippen molar-refractivity contribution in [3.05, 3.63) is 35.4 Å². The first-order valence-corrected chi connectivity index (χ1v) is 8.55. The lowest BCUT2D eigenvalue weighted by atomic mass is 9.95. The Hall–Kier alpha value is -1.73. The Morgan fingerprint density at radius 1 is 1.27 bits per heavy atom. The van der Waals surface area contributed by atoms with Crippen LogP contribution in [0.2, 0.25) is 0 Å². The molecule has 26 heavy (non-hydrogen) atoms. The average Bonchev–Trinajstić information content (AvgIpc) is 2.54. The van der Waals surface area contributed by atoms with E-state index in [1.807, 2.05) is 7.05 Å². The molecule has 0 radical (unpaired) electrons. The summed E-state index contributed by atoms with van der Waals surface area (Å²) in [5, 5.41) is 5.74. The fourth-order valence-electron chi connectivity index (χ4n) is 3.25. The quantitative estimate of drug-likeness (QED) is 0.785. The number of hydrogen-bond acceptors (Lipinski definition) is 3. The molecule has 1 saturated heterocycles. The van der Waals surface area contributed by atoms with E-state index >= 15 is 0 Å². The molecular formula is C18H26ClF2N3O2. The molecule has 2 rings (SSSR count). The van der Waals surface area contributed by atoms with Gasteiger partial charge in [0.1, 0.15) is 11.6 Å². The normalized spacial score (nSPS) is 15.9. The number of halogens is 3. The molecule has 2 N–H and O–H groups in total. The number of likely N-dealkylation sites (tertiary alicyclic amines) is 1. The lowest BCUT2D eigenvalue weighted by Gasteiger charge is -2.33. The Balaban J connectivity index is 0.00000338. The Labute approximate surface area is 158 Å². The van der Waals surface area contributed by atoms with E-state index in [-0.39, 0.29) is 36.2 Å². The topological polar surface area (TPSA) is 61.4 Å². The van der Waals surface area contributed by atoms with Gasteiger partial charge in [0.25, 0.3) is 0 Å².